The van der Waals surface area contributed by atoms with E-state index in [0.29, 0.717) is 18.7 Å². The minimum absolute atomic E-state index is 0.00463. The predicted octanol–water partition coefficient (Wildman–Crippen LogP) is 0.000340. The molecule has 0 saturated carbocycles. The molecule has 19 heavy (non-hydrogen) atoms. The number of carbonyl (C=O) groups is 2. The average molecular weight is 265 g/mol. The first-order valence-electron chi connectivity index (χ1n) is 6.29. The number of primary amides is 1. The molecule has 104 valence electrons. The molecule has 2 heterocycles. The fraction of sp³-hybridized carbons (Fsp3) is 0.538. The quantitative estimate of drug-likeness (QED) is 0.750. The molecule has 0 aliphatic carbocycles. The molecule has 1 fully saturated rings. The van der Waals surface area contributed by atoms with Crippen molar-refractivity contribution in [2.75, 3.05) is 26.3 Å². The summed E-state index contributed by atoms with van der Waals surface area (Å²) in [6, 6.07) is 1.32. The van der Waals surface area contributed by atoms with Crippen molar-refractivity contribution in [3.05, 3.63) is 23.0 Å². The van der Waals surface area contributed by atoms with Crippen molar-refractivity contribution < 1.29 is 14.3 Å². The Morgan fingerprint density at radius 1 is 1.53 bits per heavy atom. The lowest BCUT2D eigenvalue weighted by Gasteiger charge is -2.32. The van der Waals surface area contributed by atoms with Crippen molar-refractivity contribution in [2.24, 2.45) is 5.73 Å². The summed E-state index contributed by atoms with van der Waals surface area (Å²) in [5.41, 5.74) is 7.81. The summed E-state index contributed by atoms with van der Waals surface area (Å²) in [7, 11) is 0. The smallest absolute Gasteiger partial charge is 0.237 e. The molecule has 1 aliphatic heterocycles. The van der Waals surface area contributed by atoms with E-state index in [-0.39, 0.29) is 18.9 Å². The molecular weight excluding hydrogens is 246 g/mol. The Morgan fingerprint density at radius 2 is 2.26 bits per heavy atom. The van der Waals surface area contributed by atoms with Crippen LogP contribution in [0.2, 0.25) is 0 Å². The lowest BCUT2D eigenvalue weighted by molar-refractivity contribution is -0.128. The number of nitrogens with zero attached hydrogens (tertiary/aromatic N) is 1. The van der Waals surface area contributed by atoms with Crippen LogP contribution in [-0.2, 0) is 9.53 Å². The zero-order valence-electron chi connectivity index (χ0n) is 11.2. The largest absolute Gasteiger partial charge is 0.378 e. The Hall–Kier alpha value is -1.66. The maximum atomic E-state index is 12.3. The van der Waals surface area contributed by atoms with Gasteiger partial charge in [0.05, 0.1) is 19.8 Å². The van der Waals surface area contributed by atoms with E-state index in [2.05, 4.69) is 4.98 Å². The number of hydrogen-bond acceptors (Lipinski definition) is 4. The zero-order chi connectivity index (χ0) is 14.0. The van der Waals surface area contributed by atoms with Crippen LogP contribution in [-0.4, -0.2) is 53.9 Å². The lowest BCUT2D eigenvalue weighted by atomic mass is 10.1. The topological polar surface area (TPSA) is 88.4 Å². The normalized spacial score (nSPS) is 20.4. The summed E-state index contributed by atoms with van der Waals surface area (Å²) in [4.78, 5) is 28.5. The van der Waals surface area contributed by atoms with Crippen LogP contribution in [0.1, 0.15) is 21.7 Å². The number of nitrogens with one attached hydrogen (secondary N) is 1. The molecule has 1 aromatic heterocycles. The van der Waals surface area contributed by atoms with E-state index in [9.17, 15) is 9.59 Å². The van der Waals surface area contributed by atoms with Crippen molar-refractivity contribution in [3.63, 3.8) is 0 Å². The van der Waals surface area contributed by atoms with E-state index in [1.807, 2.05) is 19.9 Å². The Balaban J connectivity index is 2.09. The van der Waals surface area contributed by atoms with Crippen molar-refractivity contribution in [3.8, 4) is 0 Å². The molecule has 1 unspecified atom stereocenters. The molecule has 1 aliphatic rings. The highest BCUT2D eigenvalue weighted by molar-refractivity contribution is 5.99. The molecule has 3 N–H and O–H groups in total. The highest BCUT2D eigenvalue weighted by atomic mass is 16.5. The SMILES string of the molecule is Cc1cc(C(=O)CN2CCOCC2C(N)=O)c(C)[nH]1. The van der Waals surface area contributed by atoms with Crippen LogP contribution in [0.5, 0.6) is 0 Å². The van der Waals surface area contributed by atoms with E-state index >= 15 is 0 Å². The Labute approximate surface area is 111 Å². The number of H-pyrrole nitrogens is 1. The summed E-state index contributed by atoms with van der Waals surface area (Å²) in [6.45, 7) is 5.28. The molecule has 2 rings (SSSR count). The molecule has 1 saturated heterocycles. The molecule has 0 bridgehead atoms. The van der Waals surface area contributed by atoms with Crippen LogP contribution in [0.15, 0.2) is 6.07 Å². The first kappa shape index (κ1) is 13.8. The van der Waals surface area contributed by atoms with E-state index in [1.54, 1.807) is 4.90 Å². The third-order valence-corrected chi connectivity index (χ3v) is 3.36. The van der Waals surface area contributed by atoms with Crippen molar-refractivity contribution in [2.45, 2.75) is 19.9 Å². The third kappa shape index (κ3) is 3.02. The van der Waals surface area contributed by atoms with Gasteiger partial charge in [0.1, 0.15) is 6.04 Å². The number of ketones is 1. The molecule has 1 aromatic rings. The number of morpholine rings is 1. The van der Waals surface area contributed by atoms with Crippen molar-refractivity contribution in [1.82, 2.24) is 9.88 Å². The van der Waals surface area contributed by atoms with E-state index < -0.39 is 11.9 Å². The predicted molar refractivity (Wildman–Crippen MR) is 70.0 cm³/mol. The number of aromatic amines is 1. The summed E-state index contributed by atoms with van der Waals surface area (Å²) in [5, 5.41) is 0. The van der Waals surface area contributed by atoms with Crippen molar-refractivity contribution in [1.29, 1.82) is 0 Å². The summed E-state index contributed by atoms with van der Waals surface area (Å²) < 4.78 is 5.23. The van der Waals surface area contributed by atoms with Crippen LogP contribution in [0, 0.1) is 13.8 Å². The number of amides is 1. The molecule has 0 radical (unpaired) electrons. The maximum absolute atomic E-state index is 12.3. The van der Waals surface area contributed by atoms with Crippen LogP contribution < -0.4 is 5.73 Å². The van der Waals surface area contributed by atoms with Gasteiger partial charge in [0, 0.05) is 23.5 Å². The van der Waals surface area contributed by atoms with Gasteiger partial charge in [-0.15, -0.1) is 0 Å². The maximum Gasteiger partial charge on any atom is 0.237 e. The number of nitrogens with two attached hydrogens (primary N) is 1. The zero-order valence-corrected chi connectivity index (χ0v) is 11.2. The second-order valence-electron chi connectivity index (χ2n) is 4.88. The number of rotatable bonds is 4. The van der Waals surface area contributed by atoms with Gasteiger partial charge in [-0.25, -0.2) is 0 Å². The first-order chi connectivity index (χ1) is 8.99. The van der Waals surface area contributed by atoms with E-state index in [0.717, 1.165) is 11.4 Å². The number of carbonyl (C=O) groups excluding carboxylic acids is 2. The fourth-order valence-electron chi connectivity index (χ4n) is 2.37. The standard InChI is InChI=1S/C13H19N3O3/c1-8-5-10(9(2)15-8)12(17)6-16-3-4-19-7-11(16)13(14)18/h5,11,15H,3-4,6-7H2,1-2H3,(H2,14,18). The lowest BCUT2D eigenvalue weighted by Crippen LogP contribution is -2.53. The molecule has 1 atom stereocenters. The fourth-order valence-corrected chi connectivity index (χ4v) is 2.37. The van der Waals surface area contributed by atoms with Gasteiger partial charge in [-0.2, -0.15) is 0 Å². The van der Waals surface area contributed by atoms with Gasteiger partial charge in [-0.3, -0.25) is 14.5 Å². The minimum Gasteiger partial charge on any atom is -0.378 e. The molecule has 6 nitrogen and oxygen atoms in total. The van der Waals surface area contributed by atoms with Gasteiger partial charge in [-0.05, 0) is 19.9 Å². The van der Waals surface area contributed by atoms with E-state index in [4.69, 9.17) is 10.5 Å². The summed E-state index contributed by atoms with van der Waals surface area (Å²) in [5.74, 6) is -0.454. The van der Waals surface area contributed by atoms with Gasteiger partial charge in [0.25, 0.3) is 0 Å². The minimum atomic E-state index is -0.516. The Kier molecular flexibility index (Phi) is 4.01. The first-order valence-corrected chi connectivity index (χ1v) is 6.29. The molecule has 0 spiro atoms. The second kappa shape index (κ2) is 5.54. The Morgan fingerprint density at radius 3 is 2.84 bits per heavy atom. The van der Waals surface area contributed by atoms with Crippen molar-refractivity contribution >= 4 is 11.7 Å². The van der Waals surface area contributed by atoms with Gasteiger partial charge in [-0.1, -0.05) is 0 Å². The number of Topliss-reactive ketones (excluding diaryl/α,β-unsaturated/α-hetero) is 1. The highest BCUT2D eigenvalue weighted by Crippen LogP contribution is 2.13. The molecule has 1 amide bonds. The van der Waals surface area contributed by atoms with Crippen LogP contribution in [0.25, 0.3) is 0 Å². The van der Waals surface area contributed by atoms with Gasteiger partial charge in [0.15, 0.2) is 5.78 Å². The Bertz CT molecular complexity index is 495. The summed E-state index contributed by atoms with van der Waals surface area (Å²) in [6.07, 6.45) is 0. The number of hydrogen-bond donors (Lipinski definition) is 2. The highest BCUT2D eigenvalue weighted by Gasteiger charge is 2.29. The van der Waals surface area contributed by atoms with E-state index in [1.165, 1.54) is 0 Å². The molecular formula is C13H19N3O3. The van der Waals surface area contributed by atoms with Crippen LogP contribution >= 0.6 is 0 Å². The monoisotopic (exact) mass is 265 g/mol. The van der Waals surface area contributed by atoms with Crippen LogP contribution in [0.3, 0.4) is 0 Å². The molecule has 6 heteroatoms. The van der Waals surface area contributed by atoms with Gasteiger partial charge < -0.3 is 15.5 Å². The number of aromatic nitrogens is 1. The van der Waals surface area contributed by atoms with Gasteiger partial charge >= 0.3 is 0 Å². The molecule has 0 aromatic carbocycles. The number of aryl methyl sites for hydroxylation is 2. The van der Waals surface area contributed by atoms with Crippen LogP contribution in [0.4, 0.5) is 0 Å². The summed E-state index contributed by atoms with van der Waals surface area (Å²) >= 11 is 0. The number of ether oxygens (including phenoxy) is 1. The second-order valence-corrected chi connectivity index (χ2v) is 4.88. The third-order valence-electron chi connectivity index (χ3n) is 3.36. The average Bonchev–Trinajstić information content (AvgIpc) is 2.69. The van der Waals surface area contributed by atoms with Gasteiger partial charge in [0.2, 0.25) is 5.91 Å².